The van der Waals surface area contributed by atoms with Crippen molar-refractivity contribution in [2.75, 3.05) is 19.0 Å². The molecular weight excluding hydrogens is 408 g/mol. The van der Waals surface area contributed by atoms with Crippen molar-refractivity contribution in [1.29, 1.82) is 0 Å². The van der Waals surface area contributed by atoms with E-state index in [1.807, 2.05) is 12.1 Å². The van der Waals surface area contributed by atoms with Gasteiger partial charge in [-0.2, -0.15) is 0 Å². The van der Waals surface area contributed by atoms with Gasteiger partial charge < -0.3 is 15.4 Å². The van der Waals surface area contributed by atoms with Crippen molar-refractivity contribution in [3.05, 3.63) is 65.1 Å². The highest BCUT2D eigenvalue weighted by Crippen LogP contribution is 2.37. The molecule has 1 aliphatic rings. The van der Waals surface area contributed by atoms with E-state index >= 15 is 0 Å². The molecule has 3 aromatic rings. The average molecular weight is 427 g/mol. The third-order valence-corrected chi connectivity index (χ3v) is 4.93. The van der Waals surface area contributed by atoms with Crippen molar-refractivity contribution in [2.45, 2.75) is 12.5 Å². The number of nitrogens with one attached hydrogen (secondary N) is 3. The molecule has 1 aromatic carbocycles. The Bertz CT molecular complexity index is 1080. The number of carbonyl (C=O) groups is 2. The van der Waals surface area contributed by atoms with Crippen LogP contribution in [0.2, 0.25) is 5.02 Å². The van der Waals surface area contributed by atoms with Gasteiger partial charge in [0.25, 0.3) is 5.91 Å². The molecule has 3 heterocycles. The van der Waals surface area contributed by atoms with Gasteiger partial charge >= 0.3 is 6.03 Å². The largest absolute Gasteiger partial charge is 0.492 e. The second-order valence-electron chi connectivity index (χ2n) is 6.57. The number of anilines is 1. The third kappa shape index (κ3) is 4.06. The Labute approximate surface area is 177 Å². The topological polar surface area (TPSA) is 110 Å². The summed E-state index contributed by atoms with van der Waals surface area (Å²) in [5.74, 6) is 0.714. The number of hydrogen-bond donors (Lipinski definition) is 3. The Morgan fingerprint density at radius 1 is 1.23 bits per heavy atom. The molecule has 10 heteroatoms. The first-order chi connectivity index (χ1) is 14.5. The molecule has 2 aromatic heterocycles. The van der Waals surface area contributed by atoms with Crippen LogP contribution in [0.1, 0.15) is 28.5 Å². The van der Waals surface area contributed by atoms with E-state index in [4.69, 9.17) is 16.3 Å². The Morgan fingerprint density at radius 3 is 2.87 bits per heavy atom. The minimum atomic E-state index is -0.383. The van der Waals surface area contributed by atoms with E-state index in [0.717, 1.165) is 5.56 Å². The fourth-order valence-corrected chi connectivity index (χ4v) is 3.40. The van der Waals surface area contributed by atoms with Crippen LogP contribution < -0.4 is 20.7 Å². The van der Waals surface area contributed by atoms with Crippen molar-refractivity contribution in [3.63, 3.8) is 0 Å². The van der Waals surface area contributed by atoms with E-state index in [0.29, 0.717) is 41.0 Å². The summed E-state index contributed by atoms with van der Waals surface area (Å²) >= 11 is 6.18. The minimum absolute atomic E-state index is 0.212. The highest BCUT2D eigenvalue weighted by molar-refractivity contribution is 6.32. The maximum Gasteiger partial charge on any atom is 0.320 e. The molecule has 0 saturated carbocycles. The maximum absolute atomic E-state index is 12.5. The number of amides is 3. The zero-order chi connectivity index (χ0) is 21.1. The number of para-hydroxylation sites is 1. The number of carbonyl (C=O) groups excluding carboxylic acids is 2. The van der Waals surface area contributed by atoms with E-state index in [9.17, 15) is 9.59 Å². The highest BCUT2D eigenvalue weighted by atomic mass is 35.5. The second kappa shape index (κ2) is 8.42. The van der Waals surface area contributed by atoms with Crippen LogP contribution in [0.15, 0.2) is 48.8 Å². The number of fused-ring (bicyclic) bond motifs is 1. The van der Waals surface area contributed by atoms with Gasteiger partial charge in [0.2, 0.25) is 0 Å². The number of ether oxygens (including phenoxy) is 1. The molecule has 0 unspecified atom stereocenters. The van der Waals surface area contributed by atoms with Crippen LogP contribution in [0.3, 0.4) is 0 Å². The molecule has 9 nitrogen and oxygen atoms in total. The molecule has 0 radical (unpaired) electrons. The lowest BCUT2D eigenvalue weighted by Crippen LogP contribution is -2.35. The normalized spacial score (nSPS) is 14.9. The van der Waals surface area contributed by atoms with Crippen molar-refractivity contribution < 1.29 is 14.3 Å². The molecule has 30 heavy (non-hydrogen) atoms. The first-order valence-electron chi connectivity index (χ1n) is 9.28. The number of aromatic nitrogens is 3. The van der Waals surface area contributed by atoms with Gasteiger partial charge in [-0.05, 0) is 18.2 Å². The summed E-state index contributed by atoms with van der Waals surface area (Å²) in [6.07, 6.45) is 3.86. The molecule has 0 fully saturated rings. The highest BCUT2D eigenvalue weighted by Gasteiger charge is 2.24. The molecule has 1 aliphatic heterocycles. The number of pyridine rings is 1. The van der Waals surface area contributed by atoms with Gasteiger partial charge in [-0.25, -0.2) is 14.5 Å². The van der Waals surface area contributed by atoms with Gasteiger partial charge in [0.1, 0.15) is 11.4 Å². The predicted molar refractivity (Wildman–Crippen MR) is 111 cm³/mol. The summed E-state index contributed by atoms with van der Waals surface area (Å²) in [5.41, 5.74) is 1.81. The fourth-order valence-electron chi connectivity index (χ4n) is 3.17. The first kappa shape index (κ1) is 19.7. The summed E-state index contributed by atoms with van der Waals surface area (Å²) in [6.45, 7) is 0.468. The van der Waals surface area contributed by atoms with Crippen molar-refractivity contribution >= 4 is 29.4 Å². The van der Waals surface area contributed by atoms with Crippen molar-refractivity contribution in [3.8, 4) is 11.4 Å². The van der Waals surface area contributed by atoms with E-state index in [2.05, 4.69) is 26.0 Å². The summed E-state index contributed by atoms with van der Waals surface area (Å²) < 4.78 is 7.17. The molecule has 0 bridgehead atoms. The van der Waals surface area contributed by atoms with Crippen LogP contribution in [0.25, 0.3) is 5.69 Å². The Morgan fingerprint density at radius 2 is 2.10 bits per heavy atom. The van der Waals surface area contributed by atoms with Crippen molar-refractivity contribution in [1.82, 2.24) is 25.4 Å². The average Bonchev–Trinajstić information content (AvgIpc) is 3.22. The molecule has 154 valence electrons. The Kier molecular flexibility index (Phi) is 5.53. The minimum Gasteiger partial charge on any atom is -0.492 e. The van der Waals surface area contributed by atoms with E-state index in [1.54, 1.807) is 42.2 Å². The number of halogens is 1. The summed E-state index contributed by atoms with van der Waals surface area (Å²) in [7, 11) is 1.54. The second-order valence-corrected chi connectivity index (χ2v) is 6.98. The lowest BCUT2D eigenvalue weighted by molar-refractivity contribution is 0.0958. The Balaban J connectivity index is 1.42. The van der Waals surface area contributed by atoms with Crippen LogP contribution in [0.4, 0.5) is 10.6 Å². The number of nitrogens with zero attached hydrogens (tertiary/aromatic N) is 3. The quantitative estimate of drug-likeness (QED) is 0.594. The fraction of sp³-hybridized carbons (Fsp3) is 0.200. The smallest absolute Gasteiger partial charge is 0.320 e. The molecule has 1 atom stereocenters. The van der Waals surface area contributed by atoms with Crippen LogP contribution in [0, 0.1) is 0 Å². The monoisotopic (exact) mass is 426 g/mol. The van der Waals surface area contributed by atoms with Crippen LogP contribution in [-0.2, 0) is 0 Å². The van der Waals surface area contributed by atoms with Gasteiger partial charge in [0, 0.05) is 31.3 Å². The molecule has 3 N–H and O–H groups in total. The van der Waals surface area contributed by atoms with E-state index in [1.165, 1.54) is 6.20 Å². The number of urea groups is 1. The van der Waals surface area contributed by atoms with Gasteiger partial charge in [0.05, 0.1) is 29.6 Å². The SMILES string of the molecule is CNC(=O)c1ccc(-n2ccc(NC(=O)N[C@H]3CCOc4c(Cl)cccc43)n2)cn1. The standard InChI is InChI=1S/C20H19ClN6O3/c1-22-19(28)16-6-5-12(11-23-16)27-9-7-17(26-27)25-20(29)24-15-8-10-30-18-13(15)3-2-4-14(18)21/h2-7,9,11,15H,8,10H2,1H3,(H,22,28)(H2,24,25,26,29)/t15-/m0/s1. The number of hydrogen-bond acceptors (Lipinski definition) is 5. The molecule has 0 saturated heterocycles. The van der Waals surface area contributed by atoms with Gasteiger partial charge in [-0.1, -0.05) is 23.7 Å². The van der Waals surface area contributed by atoms with Crippen LogP contribution in [0.5, 0.6) is 5.75 Å². The zero-order valence-electron chi connectivity index (χ0n) is 16.1. The summed E-state index contributed by atoms with van der Waals surface area (Å²) in [6, 6.07) is 9.86. The lowest BCUT2D eigenvalue weighted by atomic mass is 10.0. The van der Waals surface area contributed by atoms with E-state index in [-0.39, 0.29) is 18.0 Å². The van der Waals surface area contributed by atoms with Gasteiger partial charge in [-0.15, -0.1) is 5.10 Å². The third-order valence-electron chi connectivity index (χ3n) is 4.63. The first-order valence-corrected chi connectivity index (χ1v) is 9.66. The molecule has 3 amide bonds. The van der Waals surface area contributed by atoms with Crippen LogP contribution in [-0.4, -0.2) is 40.4 Å². The van der Waals surface area contributed by atoms with Crippen molar-refractivity contribution in [2.24, 2.45) is 0 Å². The van der Waals surface area contributed by atoms with Gasteiger partial charge in [-0.3, -0.25) is 10.1 Å². The zero-order valence-corrected chi connectivity index (χ0v) is 16.8. The van der Waals surface area contributed by atoms with Gasteiger partial charge in [0.15, 0.2) is 5.82 Å². The van der Waals surface area contributed by atoms with E-state index < -0.39 is 0 Å². The summed E-state index contributed by atoms with van der Waals surface area (Å²) in [5, 5.41) is 13.0. The summed E-state index contributed by atoms with van der Waals surface area (Å²) in [4.78, 5) is 28.2. The molecular formula is C20H19ClN6O3. The molecule has 0 aliphatic carbocycles. The number of benzene rings is 1. The lowest BCUT2D eigenvalue weighted by Gasteiger charge is -2.27. The number of rotatable bonds is 4. The molecule has 4 rings (SSSR count). The molecule has 0 spiro atoms. The Hall–Kier alpha value is -3.59. The maximum atomic E-state index is 12.5. The predicted octanol–water partition coefficient (Wildman–Crippen LogP) is 2.93. The van der Waals surface area contributed by atoms with Crippen LogP contribution >= 0.6 is 11.6 Å².